The molecule has 3 aromatic rings. The van der Waals surface area contributed by atoms with Crippen LogP contribution in [-0.4, -0.2) is 93.2 Å². The molecule has 0 atom stereocenters. The highest BCUT2D eigenvalue weighted by Crippen LogP contribution is 2.28. The largest absolute Gasteiger partial charge is 0.493 e. The smallest absolute Gasteiger partial charge is 0.254 e. The van der Waals surface area contributed by atoms with Crippen LogP contribution in [-0.2, 0) is 28.9 Å². The van der Waals surface area contributed by atoms with E-state index in [1.165, 1.54) is 0 Å². The quantitative estimate of drug-likeness (QED) is 0.294. The van der Waals surface area contributed by atoms with Crippen molar-refractivity contribution in [3.63, 3.8) is 0 Å². The molecule has 0 saturated carbocycles. The van der Waals surface area contributed by atoms with E-state index >= 15 is 0 Å². The number of hydrogen-bond acceptors (Lipinski definition) is 7. The molecular formula is C32H41N3O6. The lowest BCUT2D eigenvalue weighted by molar-refractivity contribution is -0.132. The molecule has 0 bridgehead atoms. The normalized spacial score (nSPS) is 13.5. The van der Waals surface area contributed by atoms with Gasteiger partial charge in [-0.05, 0) is 60.4 Å². The lowest BCUT2D eigenvalue weighted by Gasteiger charge is -2.31. The van der Waals surface area contributed by atoms with Crippen molar-refractivity contribution in [2.45, 2.75) is 26.3 Å². The molecule has 0 N–H and O–H groups in total. The topological polar surface area (TPSA) is 84.7 Å². The molecule has 1 aliphatic heterocycles. The van der Waals surface area contributed by atoms with E-state index in [2.05, 4.69) is 11.8 Å². The third-order valence-corrected chi connectivity index (χ3v) is 7.41. The minimum Gasteiger partial charge on any atom is -0.493 e. The molecule has 1 aliphatic rings. The van der Waals surface area contributed by atoms with E-state index in [0.29, 0.717) is 68.6 Å². The van der Waals surface area contributed by atoms with Gasteiger partial charge in [-0.25, -0.2) is 0 Å². The van der Waals surface area contributed by atoms with Crippen LogP contribution in [0.4, 0.5) is 0 Å². The summed E-state index contributed by atoms with van der Waals surface area (Å²) in [7, 11) is 3.21. The summed E-state index contributed by atoms with van der Waals surface area (Å²) >= 11 is 0. The van der Waals surface area contributed by atoms with Gasteiger partial charge in [0.05, 0.1) is 40.2 Å². The average Bonchev–Trinajstić information content (AvgIpc) is 3.54. The highest BCUT2D eigenvalue weighted by molar-refractivity contribution is 5.96. The predicted octanol–water partition coefficient (Wildman–Crippen LogP) is 3.91. The Morgan fingerprint density at radius 3 is 2.29 bits per heavy atom. The van der Waals surface area contributed by atoms with E-state index in [-0.39, 0.29) is 18.4 Å². The maximum Gasteiger partial charge on any atom is 0.254 e. The molecule has 1 saturated heterocycles. The number of aryl methyl sites for hydroxylation is 1. The Kier molecular flexibility index (Phi) is 11.2. The zero-order chi connectivity index (χ0) is 29.0. The van der Waals surface area contributed by atoms with Gasteiger partial charge < -0.3 is 28.4 Å². The number of carbonyl (C=O) groups excluding carboxylic acids is 2. The van der Waals surface area contributed by atoms with Crippen molar-refractivity contribution in [3.8, 4) is 11.5 Å². The number of furan rings is 1. The van der Waals surface area contributed by atoms with Crippen molar-refractivity contribution >= 4 is 11.8 Å². The molecule has 0 radical (unpaired) electrons. The number of hydrogen-bond donors (Lipinski definition) is 0. The number of ether oxygens (including phenoxy) is 3. The SMILES string of the molecule is CCc1ccc(C(=O)N(CCN2CCOCC2)CC(=O)N(CCc2ccc(OC)c(OC)c2)Cc2ccco2)cc1. The van der Waals surface area contributed by atoms with Gasteiger partial charge >= 0.3 is 0 Å². The summed E-state index contributed by atoms with van der Waals surface area (Å²) in [6.07, 6.45) is 3.10. The van der Waals surface area contributed by atoms with Gasteiger partial charge in [0, 0.05) is 38.3 Å². The van der Waals surface area contributed by atoms with Crippen LogP contribution in [0.15, 0.2) is 65.3 Å². The number of methoxy groups -OCH3 is 2. The standard InChI is InChI=1S/C32H41N3O6/c1-4-25-7-10-27(11-8-25)32(37)35(16-15-33-17-20-40-21-18-33)24-31(36)34(23-28-6-5-19-41-28)14-13-26-9-12-29(38-2)30(22-26)39-3/h5-12,19,22H,4,13-18,20-21,23-24H2,1-3H3. The van der Waals surface area contributed by atoms with E-state index in [1.807, 2.05) is 54.6 Å². The van der Waals surface area contributed by atoms with Crippen LogP contribution in [0.3, 0.4) is 0 Å². The Morgan fingerprint density at radius 1 is 0.902 bits per heavy atom. The van der Waals surface area contributed by atoms with Gasteiger partial charge in [0.1, 0.15) is 12.3 Å². The van der Waals surface area contributed by atoms with E-state index < -0.39 is 0 Å². The molecule has 2 amide bonds. The number of benzene rings is 2. The van der Waals surface area contributed by atoms with Crippen molar-refractivity contribution in [2.24, 2.45) is 0 Å². The summed E-state index contributed by atoms with van der Waals surface area (Å²) in [6.45, 7) is 6.95. The van der Waals surface area contributed by atoms with Crippen molar-refractivity contribution in [3.05, 3.63) is 83.3 Å². The fourth-order valence-electron chi connectivity index (χ4n) is 4.85. The minimum absolute atomic E-state index is 0.0225. The zero-order valence-corrected chi connectivity index (χ0v) is 24.3. The predicted molar refractivity (Wildman–Crippen MR) is 156 cm³/mol. The maximum absolute atomic E-state index is 13.8. The molecular weight excluding hydrogens is 522 g/mol. The Hall–Kier alpha value is -3.82. The molecule has 41 heavy (non-hydrogen) atoms. The molecule has 0 unspecified atom stereocenters. The zero-order valence-electron chi connectivity index (χ0n) is 24.3. The second-order valence-corrected chi connectivity index (χ2v) is 10.1. The second kappa shape index (κ2) is 15.3. The summed E-state index contributed by atoms with van der Waals surface area (Å²) in [5.41, 5.74) is 2.76. The maximum atomic E-state index is 13.8. The summed E-state index contributed by atoms with van der Waals surface area (Å²) in [5, 5.41) is 0. The molecule has 0 aliphatic carbocycles. The fraction of sp³-hybridized carbons (Fsp3) is 0.438. The van der Waals surface area contributed by atoms with Crippen molar-refractivity contribution in [1.29, 1.82) is 0 Å². The van der Waals surface area contributed by atoms with Gasteiger partial charge in [0.15, 0.2) is 11.5 Å². The summed E-state index contributed by atoms with van der Waals surface area (Å²) in [6, 6.07) is 17.1. The lowest BCUT2D eigenvalue weighted by atomic mass is 10.1. The minimum atomic E-state index is -0.146. The van der Waals surface area contributed by atoms with Crippen LogP contribution in [0.5, 0.6) is 11.5 Å². The monoisotopic (exact) mass is 563 g/mol. The van der Waals surface area contributed by atoms with Crippen LogP contribution >= 0.6 is 0 Å². The molecule has 2 heterocycles. The molecule has 1 aromatic heterocycles. The first-order valence-electron chi connectivity index (χ1n) is 14.2. The Labute approximate surface area is 242 Å². The average molecular weight is 564 g/mol. The van der Waals surface area contributed by atoms with E-state index in [9.17, 15) is 9.59 Å². The third kappa shape index (κ3) is 8.58. The van der Waals surface area contributed by atoms with Crippen LogP contribution in [0.2, 0.25) is 0 Å². The molecule has 9 heteroatoms. The number of carbonyl (C=O) groups is 2. The van der Waals surface area contributed by atoms with E-state index in [1.54, 1.807) is 30.3 Å². The molecule has 2 aromatic carbocycles. The van der Waals surface area contributed by atoms with Crippen molar-refractivity contribution < 1.29 is 28.2 Å². The Balaban J connectivity index is 1.50. The van der Waals surface area contributed by atoms with Gasteiger partial charge in [0.2, 0.25) is 5.91 Å². The van der Waals surface area contributed by atoms with E-state index in [0.717, 1.165) is 30.6 Å². The van der Waals surface area contributed by atoms with Crippen LogP contribution in [0, 0.1) is 0 Å². The highest BCUT2D eigenvalue weighted by Gasteiger charge is 2.24. The number of morpholine rings is 1. The lowest BCUT2D eigenvalue weighted by Crippen LogP contribution is -2.47. The fourth-order valence-corrected chi connectivity index (χ4v) is 4.85. The van der Waals surface area contributed by atoms with Gasteiger partial charge in [-0.3, -0.25) is 14.5 Å². The summed E-state index contributed by atoms with van der Waals surface area (Å²) < 4.78 is 21.9. The summed E-state index contributed by atoms with van der Waals surface area (Å²) in [4.78, 5) is 33.2. The number of rotatable bonds is 14. The first-order chi connectivity index (χ1) is 20.0. The third-order valence-electron chi connectivity index (χ3n) is 7.41. The van der Waals surface area contributed by atoms with Crippen LogP contribution in [0.25, 0.3) is 0 Å². The molecule has 9 nitrogen and oxygen atoms in total. The molecule has 220 valence electrons. The molecule has 4 rings (SSSR count). The number of amides is 2. The van der Waals surface area contributed by atoms with Crippen LogP contribution < -0.4 is 9.47 Å². The summed E-state index contributed by atoms with van der Waals surface area (Å²) in [5.74, 6) is 1.70. The molecule has 1 fully saturated rings. The first kappa shape index (κ1) is 30.1. The van der Waals surface area contributed by atoms with Gasteiger partial charge in [0.25, 0.3) is 5.91 Å². The van der Waals surface area contributed by atoms with Gasteiger partial charge in [-0.2, -0.15) is 0 Å². The second-order valence-electron chi connectivity index (χ2n) is 10.1. The molecule has 0 spiro atoms. The Bertz CT molecular complexity index is 1240. The van der Waals surface area contributed by atoms with Crippen molar-refractivity contribution in [1.82, 2.24) is 14.7 Å². The highest BCUT2D eigenvalue weighted by atomic mass is 16.5. The van der Waals surface area contributed by atoms with Crippen LogP contribution in [0.1, 0.15) is 34.2 Å². The van der Waals surface area contributed by atoms with E-state index in [4.69, 9.17) is 18.6 Å². The van der Waals surface area contributed by atoms with Crippen molar-refractivity contribution in [2.75, 3.05) is 66.7 Å². The van der Waals surface area contributed by atoms with Gasteiger partial charge in [-0.15, -0.1) is 0 Å². The Morgan fingerprint density at radius 2 is 1.63 bits per heavy atom. The first-order valence-corrected chi connectivity index (χ1v) is 14.2. The van der Waals surface area contributed by atoms with Gasteiger partial charge in [-0.1, -0.05) is 25.1 Å². The number of nitrogens with zero attached hydrogens (tertiary/aromatic N) is 3.